The molecule has 0 saturated carbocycles. The van der Waals surface area contributed by atoms with E-state index in [1.165, 1.54) is 18.4 Å². The van der Waals surface area contributed by atoms with Crippen molar-refractivity contribution in [3.05, 3.63) is 52.0 Å². The van der Waals surface area contributed by atoms with Gasteiger partial charge in [0.2, 0.25) is 11.8 Å². The van der Waals surface area contributed by atoms with E-state index < -0.39 is 24.1 Å². The summed E-state index contributed by atoms with van der Waals surface area (Å²) in [4.78, 5) is 60.9. The summed E-state index contributed by atoms with van der Waals surface area (Å²) in [6.45, 7) is 19.3. The number of benzene rings is 1. The van der Waals surface area contributed by atoms with E-state index in [9.17, 15) is 19.2 Å². The van der Waals surface area contributed by atoms with Crippen LogP contribution in [-0.4, -0.2) is 85.1 Å². The van der Waals surface area contributed by atoms with Gasteiger partial charge in [-0.3, -0.25) is 19.2 Å². The van der Waals surface area contributed by atoms with Crippen LogP contribution in [0.2, 0.25) is 0 Å². The number of carbonyl (C=O) groups is 4. The molecule has 0 saturated heterocycles. The quantitative estimate of drug-likeness (QED) is 0.0921. The molecular weight excluding hydrogens is 703 g/mol. The summed E-state index contributed by atoms with van der Waals surface area (Å²) in [6.07, 6.45) is 4.11. The molecule has 0 spiro atoms. The van der Waals surface area contributed by atoms with E-state index in [4.69, 9.17) is 14.5 Å². The Balaban J connectivity index is 2.41. The minimum atomic E-state index is -0.675. The van der Waals surface area contributed by atoms with Gasteiger partial charge in [0.1, 0.15) is 22.8 Å². The number of esters is 1. The Kier molecular flexibility index (Phi) is 21.0. The molecule has 0 aliphatic rings. The highest BCUT2D eigenvalue weighted by Gasteiger charge is 2.38. The Labute approximate surface area is 329 Å². The van der Waals surface area contributed by atoms with Crippen LogP contribution in [0.5, 0.6) is 0 Å². The molecule has 1 aromatic heterocycles. The fourth-order valence-corrected chi connectivity index (χ4v) is 7.65. The molecule has 1 heterocycles. The Morgan fingerprint density at radius 3 is 2.07 bits per heavy atom. The second-order valence-electron chi connectivity index (χ2n) is 15.1. The van der Waals surface area contributed by atoms with Crippen molar-refractivity contribution in [2.75, 3.05) is 27.3 Å². The highest BCUT2D eigenvalue weighted by atomic mass is 32.1. The molecule has 0 radical (unpaired) electrons. The number of amides is 3. The van der Waals surface area contributed by atoms with Gasteiger partial charge in [0, 0.05) is 37.0 Å². The van der Waals surface area contributed by atoms with Gasteiger partial charge in [-0.1, -0.05) is 105 Å². The van der Waals surface area contributed by atoms with Crippen LogP contribution in [-0.2, 0) is 30.3 Å². The van der Waals surface area contributed by atoms with Gasteiger partial charge in [-0.25, -0.2) is 4.98 Å². The second kappa shape index (κ2) is 24.2. The number of thiazole rings is 1. The van der Waals surface area contributed by atoms with Crippen LogP contribution in [0.3, 0.4) is 0 Å². The van der Waals surface area contributed by atoms with Crippen molar-refractivity contribution in [2.24, 2.45) is 23.7 Å². The fraction of sp³-hybridized carbons (Fsp3) is 0.690. The van der Waals surface area contributed by atoms with Gasteiger partial charge in [-0.15, -0.1) is 11.3 Å². The van der Waals surface area contributed by atoms with Crippen LogP contribution in [0.25, 0.3) is 0 Å². The maximum Gasteiger partial charge on any atom is 0.308 e. The van der Waals surface area contributed by atoms with Gasteiger partial charge >= 0.3 is 5.97 Å². The number of likely N-dealkylation sites (N-methyl/N-ethyl adjacent to an activating group) is 1. The fourth-order valence-electron chi connectivity index (χ4n) is 6.79. The van der Waals surface area contributed by atoms with Crippen LogP contribution in [0.1, 0.15) is 128 Å². The molecule has 1 aromatic carbocycles. The maximum absolute atomic E-state index is 14.6. The molecule has 3 N–H and O–H groups in total. The van der Waals surface area contributed by atoms with Gasteiger partial charge in [0.15, 0.2) is 0 Å². The second-order valence-corrected chi connectivity index (χ2v) is 15.9. The molecule has 11 nitrogen and oxygen atoms in total. The highest BCUT2D eigenvalue weighted by Crippen LogP contribution is 2.32. The number of rotatable bonds is 25. The molecule has 54 heavy (non-hydrogen) atoms. The molecule has 0 fully saturated rings. The van der Waals surface area contributed by atoms with Crippen LogP contribution < -0.4 is 16.0 Å². The smallest absolute Gasteiger partial charge is 0.308 e. The number of hydrogen-bond acceptors (Lipinski definition) is 9. The molecular formula is C42H69N5O6S. The number of nitrogens with zero attached hydrogens (tertiary/aromatic N) is 2. The van der Waals surface area contributed by atoms with Crippen LogP contribution >= 0.6 is 11.3 Å². The minimum absolute atomic E-state index is 0.0726. The van der Waals surface area contributed by atoms with E-state index in [0.29, 0.717) is 37.4 Å². The molecule has 304 valence electrons. The zero-order valence-corrected chi connectivity index (χ0v) is 35.6. The molecule has 0 bridgehead atoms. The number of aromatic nitrogens is 1. The molecule has 12 heteroatoms. The van der Waals surface area contributed by atoms with E-state index in [-0.39, 0.29) is 59.2 Å². The van der Waals surface area contributed by atoms with E-state index in [1.54, 1.807) is 19.4 Å². The summed E-state index contributed by atoms with van der Waals surface area (Å²) >= 11 is 1.37. The van der Waals surface area contributed by atoms with E-state index in [2.05, 4.69) is 43.6 Å². The number of nitrogens with one attached hydrogen (secondary N) is 3. The van der Waals surface area contributed by atoms with E-state index in [1.807, 2.05) is 62.9 Å². The monoisotopic (exact) mass is 771 g/mol. The van der Waals surface area contributed by atoms with Crippen LogP contribution in [0, 0.1) is 23.7 Å². The normalized spacial score (nSPS) is 16.0. The molecule has 3 amide bonds. The van der Waals surface area contributed by atoms with Crippen molar-refractivity contribution < 1.29 is 28.7 Å². The Morgan fingerprint density at radius 2 is 1.52 bits per heavy atom. The van der Waals surface area contributed by atoms with Crippen molar-refractivity contribution in [3.63, 3.8) is 0 Å². The number of methoxy groups -OCH3 is 1. The zero-order chi connectivity index (χ0) is 40.4. The lowest BCUT2D eigenvalue weighted by molar-refractivity contribution is -0.145. The summed E-state index contributed by atoms with van der Waals surface area (Å²) in [6, 6.07) is 8.24. The third-order valence-corrected chi connectivity index (χ3v) is 11.3. The number of carbonyl (C=O) groups excluding carboxylic acids is 4. The summed E-state index contributed by atoms with van der Waals surface area (Å²) in [5.41, 5.74) is 1.33. The molecule has 2 aromatic rings. The maximum atomic E-state index is 14.6. The Hall–Kier alpha value is -3.35. The topological polar surface area (TPSA) is 139 Å². The first-order chi connectivity index (χ1) is 25.8. The third kappa shape index (κ3) is 14.1. The third-order valence-electron chi connectivity index (χ3n) is 10.4. The standard InChI is InChI=1S/C42H69N5O6S/c1-12-21-47(41(50)37(29(8)15-4)46-39(49)36(43-10)28(7)14-3)34(27(5)6)25-35(53-22-13-2)40-45-33(26-54-40)38(48)44-32(23-30(9)42(51)52-11)24-31-19-17-16-18-20-31/h16-20,26-30,32,34-37,43H,12-15,21-25H2,1-11H3,(H,44,48)(H,46,49)/t28-,29-,30-,32+,34+,35+,36-,37-/m0/s1. The average Bonchev–Trinajstić information content (AvgIpc) is 3.66. The lowest BCUT2D eigenvalue weighted by atomic mass is 9.91. The predicted octanol–water partition coefficient (Wildman–Crippen LogP) is 6.97. The highest BCUT2D eigenvalue weighted by molar-refractivity contribution is 7.09. The molecule has 0 unspecified atom stereocenters. The Bertz CT molecular complexity index is 1420. The largest absolute Gasteiger partial charge is 0.469 e. The van der Waals surface area contributed by atoms with E-state index in [0.717, 1.165) is 31.2 Å². The van der Waals surface area contributed by atoms with Crippen molar-refractivity contribution in [1.82, 2.24) is 25.8 Å². The summed E-state index contributed by atoms with van der Waals surface area (Å²) in [5, 5.41) is 11.8. The van der Waals surface area contributed by atoms with Crippen LogP contribution in [0.15, 0.2) is 35.7 Å². The first kappa shape index (κ1) is 46.8. The summed E-state index contributed by atoms with van der Waals surface area (Å²) in [5.74, 6) is -1.18. The number of hydrogen-bond donors (Lipinski definition) is 3. The summed E-state index contributed by atoms with van der Waals surface area (Å²) in [7, 11) is 3.16. The van der Waals surface area contributed by atoms with Gasteiger partial charge in [-0.05, 0) is 56.0 Å². The zero-order valence-electron chi connectivity index (χ0n) is 34.8. The van der Waals surface area contributed by atoms with E-state index >= 15 is 0 Å². The van der Waals surface area contributed by atoms with Gasteiger partial charge < -0.3 is 30.3 Å². The van der Waals surface area contributed by atoms with Crippen molar-refractivity contribution >= 4 is 35.0 Å². The molecule has 8 atom stereocenters. The average molecular weight is 772 g/mol. The molecule has 0 aliphatic carbocycles. The van der Waals surface area contributed by atoms with Crippen molar-refractivity contribution in [1.29, 1.82) is 0 Å². The van der Waals surface area contributed by atoms with Crippen LogP contribution in [0.4, 0.5) is 0 Å². The van der Waals surface area contributed by atoms with Gasteiger partial charge in [0.05, 0.1) is 19.1 Å². The lowest BCUT2D eigenvalue weighted by Gasteiger charge is -2.39. The van der Waals surface area contributed by atoms with Crippen molar-refractivity contribution in [3.8, 4) is 0 Å². The number of ether oxygens (including phenoxy) is 2. The molecule has 0 aliphatic heterocycles. The first-order valence-corrected chi connectivity index (χ1v) is 20.9. The molecule has 2 rings (SSSR count). The first-order valence-electron chi connectivity index (χ1n) is 20.0. The SMILES string of the molecule is CCCO[C@H](C[C@H](C(C)C)N(CCC)C(=O)[C@@H](NC(=O)[C@@H](NC)[C@@H](C)CC)[C@@H](C)CC)c1nc(C(=O)N[C@@H](Cc2ccccc2)C[C@H](C)C(=O)OC)cs1. The minimum Gasteiger partial charge on any atom is -0.469 e. The van der Waals surface area contributed by atoms with Gasteiger partial charge in [-0.2, -0.15) is 0 Å². The Morgan fingerprint density at radius 1 is 0.870 bits per heavy atom. The summed E-state index contributed by atoms with van der Waals surface area (Å²) < 4.78 is 11.4. The van der Waals surface area contributed by atoms with Gasteiger partial charge in [0.25, 0.3) is 5.91 Å². The van der Waals surface area contributed by atoms with Crippen molar-refractivity contribution in [2.45, 2.75) is 138 Å². The lowest BCUT2D eigenvalue weighted by Crippen LogP contribution is -2.59. The predicted molar refractivity (Wildman–Crippen MR) is 217 cm³/mol.